The first-order valence-electron chi connectivity index (χ1n) is 68.3. The number of fused-ring (bicyclic) bond motifs is 3. The maximum Gasteiger partial charge on any atom is 0.416 e. The van der Waals surface area contributed by atoms with Crippen molar-refractivity contribution in [3.05, 3.63) is 337 Å². The third kappa shape index (κ3) is 29.3. The van der Waals surface area contributed by atoms with Crippen LogP contribution < -0.4 is 16.7 Å². The van der Waals surface area contributed by atoms with E-state index in [0.717, 1.165) is 93.1 Å². The lowest BCUT2D eigenvalue weighted by Crippen LogP contribution is -2.42. The summed E-state index contributed by atoms with van der Waals surface area (Å²) in [6.07, 6.45) is -26.7. The molecule has 0 fully saturated rings. The van der Waals surface area contributed by atoms with Crippen LogP contribution in [0.2, 0.25) is 0 Å². The minimum Gasteiger partial charge on any atom is -0.336 e. The average molecular weight is 2090 g/mol. The fourth-order valence-corrected chi connectivity index (χ4v) is 16.7. The van der Waals surface area contributed by atoms with E-state index < -0.39 is 388 Å². The number of carbonyl (C=O) groups excluding carboxylic acids is 3. The second kappa shape index (κ2) is 50.6. The molecule has 0 saturated carbocycles. The molecule has 6 atom stereocenters. The quantitative estimate of drug-likeness (QED) is 0.0202. The summed E-state index contributed by atoms with van der Waals surface area (Å²) in [5, 5.41) is -2.28. The third-order valence-corrected chi connectivity index (χ3v) is 24.6. The number of aromatic nitrogens is 6. The van der Waals surface area contributed by atoms with Gasteiger partial charge in [-0.15, -0.1) is 0 Å². The van der Waals surface area contributed by atoms with Crippen LogP contribution in [-0.2, 0) is 108 Å². The van der Waals surface area contributed by atoms with Crippen molar-refractivity contribution in [3.63, 3.8) is 0 Å². The molecular weight excluding hydrogens is 1920 g/mol. The maximum absolute atomic E-state index is 15.0. The van der Waals surface area contributed by atoms with E-state index in [-0.39, 0.29) is 156 Å². The predicted molar refractivity (Wildman–Crippen MR) is 545 cm³/mol. The van der Waals surface area contributed by atoms with E-state index in [4.69, 9.17) is 49.3 Å². The lowest BCUT2D eigenvalue weighted by atomic mass is 9.82. The van der Waals surface area contributed by atoms with Crippen molar-refractivity contribution in [2.75, 3.05) is 84.7 Å². The standard InChI is InChI=1S/2C37H40F4N4O2S.C37H44F4N4O2S/c1-4-43(5-2)18-19-44(22-26-6-10-28(11-7-26)29-12-14-30(15-13-29)37(39,40)41)34(46)23-45-33-21-25(3)20-32(33)35(47)42-36(45)48-24-27-8-16-31(38)17-9-27;1-4-43(5-2)21-22-44(25(3)27-11-13-28(14-12-27)29-15-17-30(18-16-29)37(39,40)41)34(46)23-45-33-8-6-7-32(33)35(47)42-36(45)48-24-26-9-19-31(38)20-10-26;1-4-43(5-2)19-20-44(22-26-9-13-28(14-10-26)29-15-18-32(25(3)21-29)37(39,40)41)34(46)23-45-33-8-6-7-31(33)35(47)42-36(45)48-24-27-11-16-30(38)17-12-27/h6-17,25H,4-5,18-24H2,1-3H3;9-20,25H,4-8,21-24H2,1-3H3;9,11-13,15-18,25H,4-8,10,14,19-24H2,1-3H3/i8D,9D,16D,17D,18D2,19D2,20D2,21D2,22D2,24D2,25D;9D,10D,19D,20D,21D2,22D2,24D2,25D;9D,10D,11D,12D,13D,14D,15D,16D,17D,18D,19D2,20D2,21D,22D2,24D2. The zero-order valence-electron chi connectivity index (χ0n) is 125. The number of likely N-dealkylation sites (N-methyl/N-ethyl adjacent to an activating group) is 3. The number of alkyl halides is 9. The molecule has 144 heavy (non-hydrogen) atoms. The molecule has 33 heteroatoms. The molecule has 7 aromatic carbocycles. The summed E-state index contributed by atoms with van der Waals surface area (Å²) >= 11 is -0.147. The summed E-state index contributed by atoms with van der Waals surface area (Å²) in [6.45, 7) is -20.8. The predicted octanol–water partition coefficient (Wildman–Crippen LogP) is 22.7. The van der Waals surface area contributed by atoms with Crippen molar-refractivity contribution < 1.29 is 131 Å². The van der Waals surface area contributed by atoms with E-state index in [9.17, 15) is 91.7 Å². The smallest absolute Gasteiger partial charge is 0.336 e. The summed E-state index contributed by atoms with van der Waals surface area (Å²) in [7, 11) is 0. The van der Waals surface area contributed by atoms with Crippen LogP contribution in [0.25, 0.3) is 22.3 Å². The largest absolute Gasteiger partial charge is 0.416 e. The van der Waals surface area contributed by atoms with Crippen molar-refractivity contribution in [3.8, 4) is 22.3 Å². The second-order valence-electron chi connectivity index (χ2n) is 31.6. The molecular formula is C111H124F12N12O6S3. The third-order valence-electron chi connectivity index (χ3n) is 22.2. The second-order valence-corrected chi connectivity index (χ2v) is 33.9. The number of thioether (sulfide) groups is 3. The molecule has 18 nitrogen and oxygen atoms in total. The van der Waals surface area contributed by atoms with Gasteiger partial charge < -0.3 is 43.1 Å². The van der Waals surface area contributed by atoms with Gasteiger partial charge in [-0.1, -0.05) is 230 Å². The van der Waals surface area contributed by atoms with E-state index in [1.165, 1.54) is 76.2 Å². The number of hydrogen-bond donors (Lipinski definition) is 0. The van der Waals surface area contributed by atoms with Crippen molar-refractivity contribution in [2.45, 2.75) is 216 Å². The first-order chi connectivity index (χ1) is 87.3. The molecule has 15 rings (SSSR count). The number of carbonyl (C=O) groups is 3. The van der Waals surface area contributed by atoms with Gasteiger partial charge >= 0.3 is 18.5 Å². The Kier molecular flexibility index (Phi) is 22.0. The van der Waals surface area contributed by atoms with E-state index in [0.29, 0.717) is 27.0 Å². The molecule has 0 bridgehead atoms. The van der Waals surface area contributed by atoms with Crippen molar-refractivity contribution in [1.82, 2.24) is 58.1 Å². The van der Waals surface area contributed by atoms with Crippen LogP contribution in [0.4, 0.5) is 52.7 Å². The highest BCUT2D eigenvalue weighted by Gasteiger charge is 2.40. The first-order valence-corrected chi connectivity index (χ1v) is 47.0. The van der Waals surface area contributed by atoms with Crippen LogP contribution in [0.5, 0.6) is 0 Å². The van der Waals surface area contributed by atoms with Gasteiger partial charge in [0.1, 0.15) is 37.1 Å². The molecule has 0 spiro atoms. The molecule has 10 aromatic rings. The molecule has 6 unspecified atom stereocenters. The summed E-state index contributed by atoms with van der Waals surface area (Å²) in [6, 6.07) is -3.36. The lowest BCUT2D eigenvalue weighted by molar-refractivity contribution is -0.138. The Morgan fingerprint density at radius 3 is 1.23 bits per heavy atom. The zero-order chi connectivity index (χ0) is 145. The Morgan fingerprint density at radius 1 is 0.444 bits per heavy atom. The lowest BCUT2D eigenvalue weighted by Gasteiger charge is -2.33. The van der Waals surface area contributed by atoms with Gasteiger partial charge in [-0.2, -0.15) is 54.5 Å². The number of amides is 3. The van der Waals surface area contributed by atoms with Crippen LogP contribution in [0.1, 0.15) is 238 Å². The summed E-state index contributed by atoms with van der Waals surface area (Å²) in [4.78, 5) is 99.6. The molecule has 5 aliphatic rings. The number of halogens is 12. The van der Waals surface area contributed by atoms with Crippen LogP contribution in [0.15, 0.2) is 246 Å². The van der Waals surface area contributed by atoms with Crippen molar-refractivity contribution in [2.24, 2.45) is 11.8 Å². The molecule has 3 aromatic heterocycles. The minimum absolute atomic E-state index is 0.00593. The number of nitrogens with zero attached hydrogens (tertiary/aromatic N) is 12. The maximum atomic E-state index is 15.0. The van der Waals surface area contributed by atoms with Gasteiger partial charge in [0.05, 0.1) is 54.2 Å². The Morgan fingerprint density at radius 2 is 0.819 bits per heavy atom. The van der Waals surface area contributed by atoms with Crippen LogP contribution in [0.3, 0.4) is 0 Å². The summed E-state index contributed by atoms with van der Waals surface area (Å²) in [5.41, 5.74) is -23.0. The zero-order valence-corrected chi connectivity index (χ0v) is 80.7. The molecule has 0 aliphatic heterocycles. The summed E-state index contributed by atoms with van der Waals surface area (Å²) < 4.78 is 578. The minimum atomic E-state index is -5.17. The van der Waals surface area contributed by atoms with Gasteiger partial charge in [0.25, 0.3) is 16.7 Å². The Hall–Kier alpha value is -11.4. The Labute approximate surface area is 912 Å². The Bertz CT molecular complexity index is 8990. The van der Waals surface area contributed by atoms with E-state index in [1.54, 1.807) is 13.8 Å². The molecule has 5 aliphatic carbocycles. The monoisotopic (exact) mass is 2090 g/mol. The van der Waals surface area contributed by atoms with E-state index >= 15 is 4.79 Å². The highest BCUT2D eigenvalue weighted by atomic mass is 32.2. The molecule has 3 heterocycles. The fraction of sp³-hybridized carbons (Fsp3) is 0.414. The van der Waals surface area contributed by atoms with Gasteiger partial charge in [-0.05, 0) is 250 Å². The van der Waals surface area contributed by atoms with Gasteiger partial charge in [0.2, 0.25) is 17.7 Å². The van der Waals surface area contributed by atoms with Crippen molar-refractivity contribution >= 4 is 53.0 Å². The van der Waals surface area contributed by atoms with Gasteiger partial charge in [0.15, 0.2) is 15.5 Å². The molecule has 766 valence electrons. The van der Waals surface area contributed by atoms with Gasteiger partial charge in [-0.25, -0.2) is 13.2 Å². The average Bonchev–Trinajstić information content (AvgIpc) is 1.50. The molecule has 3 amide bonds. The summed E-state index contributed by atoms with van der Waals surface area (Å²) in [5.74, 6) is -14.2. The topological polar surface area (TPSA) is 175 Å². The highest BCUT2D eigenvalue weighted by molar-refractivity contribution is 7.98. The van der Waals surface area contributed by atoms with E-state index in [2.05, 4.69) is 15.0 Å². The SMILES string of the molecule is [2H]C1=C(C2=C([2H])C([2H])=C(C(F)(F)F)C(C)C2[2H])C([2H])C([2H])C(C([2H])([2H])N(C(=O)Cn2c(SC([2H])([2H])c3c([2H])c([2H])c(F)c([2H])c3[2H])nc(=O)c3c2CCC3)C([2H])([2H])C([2H])([2H])N(CC)CC)=C1[2H].[2H]c1c([2H])c(C([2H])([2H])Sc2nc(=O)c3c(n2CC(=O)N(C([2H])(C)c2ccc(-c4ccc(C(F)(F)F)cc4)cc2)C([2H])([2H])C([2H])([2H])N(CC)CC)CCC3)c([2H])c([2H])c1F.[2H]c1c([2H])c(C([2H])([2H])Sc2nc(=O)c3c(n2CC(=O)N(C([2H])([2H])c2ccc(-c4ccc(C(F)(F)F)cc4)cc2)C([2H])([2H])C([2H])([2H])N(CC)CC)C([2H])([2H])C([2H])(C)C3([2H])[2H])c([2H])c([2H])c1F. The van der Waals surface area contributed by atoms with Crippen LogP contribution >= 0.6 is 35.3 Å². The highest BCUT2D eigenvalue weighted by Crippen LogP contribution is 2.42. The van der Waals surface area contributed by atoms with E-state index in [1.807, 2.05) is 0 Å². The fourth-order valence-electron chi connectivity index (χ4n) is 14.6. The molecule has 0 saturated heterocycles. The van der Waals surface area contributed by atoms with Gasteiger partial charge in [0, 0.05) is 136 Å². The van der Waals surface area contributed by atoms with Crippen LogP contribution in [0, 0.1) is 29.3 Å². The number of rotatable bonds is 39. The number of allylic oxidation sites excluding steroid dienone is 7. The van der Waals surface area contributed by atoms with Crippen LogP contribution in [-0.4, -0.2) is 167 Å². The molecule has 0 radical (unpaired) electrons. The van der Waals surface area contributed by atoms with Crippen molar-refractivity contribution in [1.29, 1.82) is 0 Å². The Balaban J connectivity index is 0.000000232. The number of benzene rings is 7. The number of hydrogen-bond acceptors (Lipinski definition) is 15. The first kappa shape index (κ1) is 62.6. The normalized spacial score (nSPS) is 24.3. The van der Waals surface area contributed by atoms with Gasteiger partial charge in [-0.3, -0.25) is 28.8 Å². The molecule has 0 N–H and O–H groups in total.